The van der Waals surface area contributed by atoms with Crippen molar-refractivity contribution in [1.82, 2.24) is 4.98 Å². The van der Waals surface area contributed by atoms with Crippen molar-refractivity contribution in [2.45, 2.75) is 53.7 Å². The van der Waals surface area contributed by atoms with Gasteiger partial charge in [0.1, 0.15) is 17.3 Å². The number of carbonyl (C=O) groups is 2. The van der Waals surface area contributed by atoms with Gasteiger partial charge >= 0.3 is 0 Å². The van der Waals surface area contributed by atoms with Gasteiger partial charge in [-0.15, -0.1) is 0 Å². The highest BCUT2D eigenvalue weighted by Gasteiger charge is 2.33. The Morgan fingerprint density at radius 3 is 2.63 bits per heavy atom. The van der Waals surface area contributed by atoms with Crippen molar-refractivity contribution in [1.29, 1.82) is 0 Å². The summed E-state index contributed by atoms with van der Waals surface area (Å²) >= 11 is 5.95. The number of benzene rings is 1. The standard InChI is InChI=1S/C22H25ClFN3O3/c1-12-6-17-20(26-19(12)25-18(28)10-22(3,4)5)30-13(2)21(29)27(17)11-14-7-15(23)9-16(24)8-14/h6-9,13H,10-11H2,1-5H3,(H,25,26,28). The first-order valence-corrected chi connectivity index (χ1v) is 10.1. The highest BCUT2D eigenvalue weighted by molar-refractivity contribution is 6.30. The number of halogens is 2. The van der Waals surface area contributed by atoms with Gasteiger partial charge in [-0.2, -0.15) is 4.98 Å². The Hall–Kier alpha value is -2.67. The average Bonchev–Trinajstić information content (AvgIpc) is 2.58. The number of nitrogens with zero attached hydrogens (tertiary/aromatic N) is 2. The second-order valence-corrected chi connectivity index (χ2v) is 9.16. The van der Waals surface area contributed by atoms with E-state index < -0.39 is 11.9 Å². The molecule has 2 heterocycles. The van der Waals surface area contributed by atoms with Crippen molar-refractivity contribution in [2.75, 3.05) is 10.2 Å². The molecule has 1 aliphatic rings. The number of aromatic nitrogens is 1. The summed E-state index contributed by atoms with van der Waals surface area (Å²) in [5.41, 5.74) is 1.54. The van der Waals surface area contributed by atoms with E-state index in [1.807, 2.05) is 20.8 Å². The minimum absolute atomic E-state index is 0.119. The molecule has 3 rings (SSSR count). The Balaban J connectivity index is 1.93. The number of fused-ring (bicyclic) bond motifs is 1. The molecule has 30 heavy (non-hydrogen) atoms. The monoisotopic (exact) mass is 433 g/mol. The molecule has 2 amide bonds. The fourth-order valence-corrected chi connectivity index (χ4v) is 3.50. The van der Waals surface area contributed by atoms with E-state index in [1.165, 1.54) is 17.0 Å². The van der Waals surface area contributed by atoms with Gasteiger partial charge in [-0.05, 0) is 54.7 Å². The normalized spacial score (nSPS) is 16.2. The van der Waals surface area contributed by atoms with E-state index in [4.69, 9.17) is 16.3 Å². The maximum atomic E-state index is 13.7. The van der Waals surface area contributed by atoms with Gasteiger partial charge in [0.25, 0.3) is 5.91 Å². The summed E-state index contributed by atoms with van der Waals surface area (Å²) < 4.78 is 19.4. The van der Waals surface area contributed by atoms with Crippen LogP contribution >= 0.6 is 11.6 Å². The maximum Gasteiger partial charge on any atom is 0.268 e. The van der Waals surface area contributed by atoms with E-state index in [2.05, 4.69) is 10.3 Å². The average molecular weight is 434 g/mol. The van der Waals surface area contributed by atoms with Gasteiger partial charge in [0.2, 0.25) is 11.8 Å². The molecular formula is C22H25ClFN3O3. The zero-order valence-corrected chi connectivity index (χ0v) is 18.4. The number of rotatable bonds is 4. The van der Waals surface area contributed by atoms with Gasteiger partial charge in [0, 0.05) is 11.4 Å². The molecule has 0 fully saturated rings. The van der Waals surface area contributed by atoms with Gasteiger partial charge in [0.05, 0.1) is 6.54 Å². The van der Waals surface area contributed by atoms with E-state index in [0.717, 1.165) is 0 Å². The van der Waals surface area contributed by atoms with Crippen LogP contribution in [0.5, 0.6) is 5.88 Å². The third-order valence-corrected chi connectivity index (χ3v) is 4.78. The zero-order valence-electron chi connectivity index (χ0n) is 17.7. The first kappa shape index (κ1) is 22.0. The molecule has 1 N–H and O–H groups in total. The highest BCUT2D eigenvalue weighted by Crippen LogP contribution is 2.37. The molecule has 160 valence electrons. The molecule has 1 unspecified atom stereocenters. The number of ether oxygens (including phenoxy) is 1. The molecule has 0 spiro atoms. The highest BCUT2D eigenvalue weighted by atomic mass is 35.5. The third kappa shape index (κ3) is 5.08. The molecule has 1 atom stereocenters. The topological polar surface area (TPSA) is 71.5 Å². The predicted molar refractivity (Wildman–Crippen MR) is 114 cm³/mol. The van der Waals surface area contributed by atoms with E-state index in [0.29, 0.717) is 29.1 Å². The van der Waals surface area contributed by atoms with E-state index in [9.17, 15) is 14.0 Å². The summed E-state index contributed by atoms with van der Waals surface area (Å²) in [6, 6.07) is 5.89. The minimum atomic E-state index is -0.769. The number of hydrogen-bond acceptors (Lipinski definition) is 4. The molecule has 0 saturated carbocycles. The minimum Gasteiger partial charge on any atom is -0.463 e. The van der Waals surface area contributed by atoms with Crippen molar-refractivity contribution < 1.29 is 18.7 Å². The van der Waals surface area contributed by atoms with E-state index >= 15 is 0 Å². The molecule has 0 saturated heterocycles. The summed E-state index contributed by atoms with van der Waals surface area (Å²) in [6.45, 7) is 9.47. The summed E-state index contributed by atoms with van der Waals surface area (Å²) in [4.78, 5) is 31.0. The van der Waals surface area contributed by atoms with Crippen molar-refractivity contribution in [3.05, 3.63) is 46.2 Å². The Morgan fingerprint density at radius 1 is 1.30 bits per heavy atom. The molecule has 0 radical (unpaired) electrons. The van der Waals surface area contributed by atoms with Crippen LogP contribution in [0.3, 0.4) is 0 Å². The van der Waals surface area contributed by atoms with Gasteiger partial charge in [-0.25, -0.2) is 4.39 Å². The Morgan fingerprint density at radius 2 is 2.00 bits per heavy atom. The molecule has 1 aliphatic heterocycles. The SMILES string of the molecule is Cc1cc2c(nc1NC(=O)CC(C)(C)C)OC(C)C(=O)N2Cc1cc(F)cc(Cl)c1. The number of carbonyl (C=O) groups excluding carboxylic acids is 2. The maximum absolute atomic E-state index is 13.7. The lowest BCUT2D eigenvalue weighted by atomic mass is 9.92. The van der Waals surface area contributed by atoms with Crippen LogP contribution in [-0.4, -0.2) is 22.9 Å². The predicted octanol–water partition coefficient (Wildman–Crippen LogP) is 4.87. The second-order valence-electron chi connectivity index (χ2n) is 8.73. The van der Waals surface area contributed by atoms with Gasteiger partial charge < -0.3 is 10.1 Å². The third-order valence-electron chi connectivity index (χ3n) is 4.56. The zero-order chi connectivity index (χ0) is 22.2. The van der Waals surface area contributed by atoms with Crippen LogP contribution in [0.2, 0.25) is 5.02 Å². The first-order chi connectivity index (χ1) is 13.9. The van der Waals surface area contributed by atoms with Crippen LogP contribution in [0.15, 0.2) is 24.3 Å². The molecule has 0 bridgehead atoms. The number of amides is 2. The quantitative estimate of drug-likeness (QED) is 0.746. The van der Waals surface area contributed by atoms with Gasteiger partial charge in [-0.1, -0.05) is 32.4 Å². The van der Waals surface area contributed by atoms with Crippen molar-refractivity contribution >= 4 is 34.9 Å². The number of nitrogens with one attached hydrogen (secondary N) is 1. The number of anilines is 2. The Bertz CT molecular complexity index is 984. The Labute approximate surface area is 180 Å². The van der Waals surface area contributed by atoms with Crippen molar-refractivity contribution in [3.8, 4) is 5.88 Å². The Kier molecular flexibility index (Phi) is 6.04. The summed E-state index contributed by atoms with van der Waals surface area (Å²) in [5, 5.41) is 3.08. The summed E-state index contributed by atoms with van der Waals surface area (Å²) in [5.74, 6) is -0.268. The van der Waals surface area contributed by atoms with Crippen LogP contribution in [0.4, 0.5) is 15.9 Å². The smallest absolute Gasteiger partial charge is 0.268 e. The molecular weight excluding hydrogens is 409 g/mol. The summed E-state index contributed by atoms with van der Waals surface area (Å²) in [6.07, 6.45) is -0.428. The largest absolute Gasteiger partial charge is 0.463 e. The second kappa shape index (κ2) is 8.22. The lowest BCUT2D eigenvalue weighted by Crippen LogP contribution is -2.44. The number of pyridine rings is 1. The van der Waals surface area contributed by atoms with Crippen LogP contribution in [0.25, 0.3) is 0 Å². The lowest BCUT2D eigenvalue weighted by molar-refractivity contribution is -0.126. The fourth-order valence-electron chi connectivity index (χ4n) is 3.25. The van der Waals surface area contributed by atoms with Crippen LogP contribution in [-0.2, 0) is 16.1 Å². The number of hydrogen-bond donors (Lipinski definition) is 1. The molecule has 1 aromatic heterocycles. The number of aryl methyl sites for hydroxylation is 1. The van der Waals surface area contributed by atoms with E-state index in [1.54, 1.807) is 26.0 Å². The van der Waals surface area contributed by atoms with Crippen molar-refractivity contribution in [3.63, 3.8) is 0 Å². The molecule has 6 nitrogen and oxygen atoms in total. The lowest BCUT2D eigenvalue weighted by Gasteiger charge is -2.33. The van der Waals surface area contributed by atoms with Crippen LogP contribution in [0.1, 0.15) is 45.2 Å². The fraction of sp³-hybridized carbons (Fsp3) is 0.409. The molecule has 0 aliphatic carbocycles. The van der Waals surface area contributed by atoms with Crippen LogP contribution in [0, 0.1) is 18.2 Å². The molecule has 1 aromatic carbocycles. The molecule has 8 heteroatoms. The molecule has 2 aromatic rings. The van der Waals surface area contributed by atoms with E-state index in [-0.39, 0.29) is 34.7 Å². The summed E-state index contributed by atoms with van der Waals surface area (Å²) in [7, 11) is 0. The van der Waals surface area contributed by atoms with Gasteiger partial charge in [-0.3, -0.25) is 14.5 Å². The van der Waals surface area contributed by atoms with Crippen molar-refractivity contribution in [2.24, 2.45) is 5.41 Å². The van der Waals surface area contributed by atoms with Crippen LogP contribution < -0.4 is 15.0 Å². The first-order valence-electron chi connectivity index (χ1n) is 9.67. The van der Waals surface area contributed by atoms with Gasteiger partial charge in [0.15, 0.2) is 6.10 Å².